The summed E-state index contributed by atoms with van der Waals surface area (Å²) < 4.78 is 5.68. The van der Waals surface area contributed by atoms with Crippen molar-refractivity contribution in [3.63, 3.8) is 0 Å². The number of rotatable bonds is 3. The Kier molecular flexibility index (Phi) is 4.35. The predicted octanol–water partition coefficient (Wildman–Crippen LogP) is 1.10. The predicted molar refractivity (Wildman–Crippen MR) is 59.6 cm³/mol. The van der Waals surface area contributed by atoms with Gasteiger partial charge in [0, 0.05) is 18.6 Å². The number of hydrogen-bond donors (Lipinski definition) is 1. The van der Waals surface area contributed by atoms with Gasteiger partial charge in [-0.3, -0.25) is 0 Å². The van der Waals surface area contributed by atoms with Gasteiger partial charge < -0.3 is 15.0 Å². The van der Waals surface area contributed by atoms with E-state index in [1.807, 2.05) is 0 Å². The van der Waals surface area contributed by atoms with Gasteiger partial charge in [0.1, 0.15) is 0 Å². The lowest BCUT2D eigenvalue weighted by Crippen LogP contribution is -2.43. The fraction of sp³-hybridized carbons (Fsp3) is 1.00. The van der Waals surface area contributed by atoms with Crippen LogP contribution in [0.15, 0.2) is 0 Å². The Labute approximate surface area is 87.8 Å². The fourth-order valence-corrected chi connectivity index (χ4v) is 1.65. The van der Waals surface area contributed by atoms with Gasteiger partial charge in [-0.1, -0.05) is 0 Å². The molecule has 0 amide bonds. The second-order valence-corrected chi connectivity index (χ2v) is 5.22. The van der Waals surface area contributed by atoms with Crippen LogP contribution in [-0.4, -0.2) is 49.8 Å². The topological polar surface area (TPSA) is 24.5 Å². The van der Waals surface area contributed by atoms with Crippen LogP contribution in [0.25, 0.3) is 0 Å². The monoisotopic (exact) mass is 200 g/mol. The Morgan fingerprint density at radius 2 is 2.14 bits per heavy atom. The molecular weight excluding hydrogens is 176 g/mol. The average molecular weight is 200 g/mol. The number of likely N-dealkylation sites (N-methyl/N-ethyl adjacent to an activating group) is 1. The summed E-state index contributed by atoms with van der Waals surface area (Å²) in [5.74, 6) is 0. The van der Waals surface area contributed by atoms with E-state index < -0.39 is 0 Å². The molecule has 1 atom stereocenters. The highest BCUT2D eigenvalue weighted by molar-refractivity contribution is 4.74. The van der Waals surface area contributed by atoms with Crippen molar-refractivity contribution in [3.8, 4) is 0 Å². The lowest BCUT2D eigenvalue weighted by molar-refractivity contribution is -0.0233. The molecule has 0 aromatic rings. The first-order valence-corrected chi connectivity index (χ1v) is 5.52. The molecule has 0 radical (unpaired) electrons. The van der Waals surface area contributed by atoms with Crippen LogP contribution in [-0.2, 0) is 4.74 Å². The smallest absolute Gasteiger partial charge is 0.0714 e. The SMILES string of the molecule is CN1CCOC(CCNC(C)(C)C)C1. The van der Waals surface area contributed by atoms with E-state index in [2.05, 4.69) is 38.0 Å². The zero-order valence-corrected chi connectivity index (χ0v) is 9.97. The molecule has 0 spiro atoms. The minimum atomic E-state index is 0.223. The zero-order valence-electron chi connectivity index (χ0n) is 9.97. The third-order valence-corrected chi connectivity index (χ3v) is 2.46. The van der Waals surface area contributed by atoms with Crippen LogP contribution in [0.4, 0.5) is 0 Å². The van der Waals surface area contributed by atoms with Crippen LogP contribution in [0.1, 0.15) is 27.2 Å². The first-order chi connectivity index (χ1) is 6.47. The lowest BCUT2D eigenvalue weighted by atomic mass is 10.1. The van der Waals surface area contributed by atoms with E-state index in [4.69, 9.17) is 4.74 Å². The van der Waals surface area contributed by atoms with E-state index in [9.17, 15) is 0 Å². The third kappa shape index (κ3) is 4.94. The van der Waals surface area contributed by atoms with Crippen LogP contribution in [0.5, 0.6) is 0 Å². The van der Waals surface area contributed by atoms with Crippen molar-refractivity contribution in [1.29, 1.82) is 0 Å². The van der Waals surface area contributed by atoms with Crippen LogP contribution in [0.2, 0.25) is 0 Å². The molecule has 1 unspecified atom stereocenters. The molecule has 0 aromatic heterocycles. The van der Waals surface area contributed by atoms with Crippen molar-refractivity contribution in [2.24, 2.45) is 0 Å². The van der Waals surface area contributed by atoms with Gasteiger partial charge in [-0.2, -0.15) is 0 Å². The van der Waals surface area contributed by atoms with Gasteiger partial charge in [-0.05, 0) is 40.8 Å². The molecule has 3 heteroatoms. The van der Waals surface area contributed by atoms with Crippen molar-refractivity contribution >= 4 is 0 Å². The van der Waals surface area contributed by atoms with Gasteiger partial charge in [0.05, 0.1) is 12.7 Å². The molecule has 1 saturated heterocycles. The van der Waals surface area contributed by atoms with Crippen LogP contribution in [0.3, 0.4) is 0 Å². The summed E-state index contributed by atoms with van der Waals surface area (Å²) >= 11 is 0. The Hall–Kier alpha value is -0.120. The van der Waals surface area contributed by atoms with E-state index >= 15 is 0 Å². The first kappa shape index (κ1) is 12.0. The van der Waals surface area contributed by atoms with Crippen LogP contribution >= 0.6 is 0 Å². The average Bonchev–Trinajstić information content (AvgIpc) is 2.01. The second-order valence-electron chi connectivity index (χ2n) is 5.22. The minimum absolute atomic E-state index is 0.223. The summed E-state index contributed by atoms with van der Waals surface area (Å²) in [5.41, 5.74) is 0.223. The largest absolute Gasteiger partial charge is 0.376 e. The van der Waals surface area contributed by atoms with Crippen LogP contribution in [0, 0.1) is 0 Å². The summed E-state index contributed by atoms with van der Waals surface area (Å²) in [4.78, 5) is 2.34. The highest BCUT2D eigenvalue weighted by atomic mass is 16.5. The molecule has 0 bridgehead atoms. The zero-order chi connectivity index (χ0) is 10.6. The van der Waals surface area contributed by atoms with Gasteiger partial charge in [0.25, 0.3) is 0 Å². The molecule has 3 nitrogen and oxygen atoms in total. The Morgan fingerprint density at radius 3 is 2.71 bits per heavy atom. The number of nitrogens with one attached hydrogen (secondary N) is 1. The normalized spacial score (nSPS) is 25.3. The molecule has 84 valence electrons. The van der Waals surface area contributed by atoms with Gasteiger partial charge in [-0.15, -0.1) is 0 Å². The lowest BCUT2D eigenvalue weighted by Gasteiger charge is -2.31. The van der Waals surface area contributed by atoms with Crippen molar-refractivity contribution < 1.29 is 4.74 Å². The molecule has 0 saturated carbocycles. The number of hydrogen-bond acceptors (Lipinski definition) is 3. The summed E-state index contributed by atoms with van der Waals surface area (Å²) in [5, 5.41) is 3.49. The molecule has 1 N–H and O–H groups in total. The van der Waals surface area contributed by atoms with Crippen molar-refractivity contribution in [3.05, 3.63) is 0 Å². The Bertz CT molecular complexity index is 165. The number of nitrogens with zero attached hydrogens (tertiary/aromatic N) is 1. The van der Waals surface area contributed by atoms with E-state index in [0.717, 1.165) is 32.7 Å². The fourth-order valence-electron chi connectivity index (χ4n) is 1.65. The standard InChI is InChI=1S/C11H24N2O/c1-11(2,3)12-6-5-10-9-13(4)7-8-14-10/h10,12H,5-9H2,1-4H3. The highest BCUT2D eigenvalue weighted by Gasteiger charge is 2.18. The maximum absolute atomic E-state index is 5.68. The summed E-state index contributed by atoms with van der Waals surface area (Å²) in [6, 6.07) is 0. The maximum Gasteiger partial charge on any atom is 0.0714 e. The molecule has 0 aromatic carbocycles. The number of ether oxygens (including phenoxy) is 1. The van der Waals surface area contributed by atoms with E-state index in [-0.39, 0.29) is 5.54 Å². The van der Waals surface area contributed by atoms with Gasteiger partial charge in [0.2, 0.25) is 0 Å². The number of morpholine rings is 1. The first-order valence-electron chi connectivity index (χ1n) is 5.52. The Morgan fingerprint density at radius 1 is 1.43 bits per heavy atom. The quantitative estimate of drug-likeness (QED) is 0.738. The van der Waals surface area contributed by atoms with E-state index in [0.29, 0.717) is 6.10 Å². The molecule has 1 aliphatic rings. The molecule has 1 rings (SSSR count). The Balaban J connectivity index is 2.12. The summed E-state index contributed by atoms with van der Waals surface area (Å²) in [6.07, 6.45) is 1.53. The summed E-state index contributed by atoms with van der Waals surface area (Å²) in [7, 11) is 2.16. The van der Waals surface area contributed by atoms with Crippen molar-refractivity contribution in [1.82, 2.24) is 10.2 Å². The molecular formula is C11H24N2O. The third-order valence-electron chi connectivity index (χ3n) is 2.46. The van der Waals surface area contributed by atoms with Crippen LogP contribution < -0.4 is 5.32 Å². The van der Waals surface area contributed by atoms with Crippen molar-refractivity contribution in [2.75, 3.05) is 33.3 Å². The van der Waals surface area contributed by atoms with E-state index in [1.54, 1.807) is 0 Å². The molecule has 1 heterocycles. The minimum Gasteiger partial charge on any atom is -0.376 e. The molecule has 1 fully saturated rings. The second kappa shape index (κ2) is 5.10. The van der Waals surface area contributed by atoms with Gasteiger partial charge >= 0.3 is 0 Å². The summed E-state index contributed by atoms with van der Waals surface area (Å²) in [6.45, 7) is 10.7. The molecule has 14 heavy (non-hydrogen) atoms. The molecule has 0 aliphatic carbocycles. The van der Waals surface area contributed by atoms with Crippen molar-refractivity contribution in [2.45, 2.75) is 38.8 Å². The van der Waals surface area contributed by atoms with Gasteiger partial charge in [-0.25, -0.2) is 0 Å². The maximum atomic E-state index is 5.68. The van der Waals surface area contributed by atoms with E-state index in [1.165, 1.54) is 0 Å². The van der Waals surface area contributed by atoms with Gasteiger partial charge in [0.15, 0.2) is 0 Å². The highest BCUT2D eigenvalue weighted by Crippen LogP contribution is 2.07. The molecule has 1 aliphatic heterocycles.